The average Bonchev–Trinajstić information content (AvgIpc) is 2.33. The summed E-state index contributed by atoms with van der Waals surface area (Å²) in [6.45, 7) is 0.540. The largest absolute Gasteiger partial charge is 0.416 e. The van der Waals surface area contributed by atoms with Crippen LogP contribution in [0.25, 0.3) is 0 Å². The Labute approximate surface area is 103 Å². The van der Waals surface area contributed by atoms with Gasteiger partial charge >= 0.3 is 6.18 Å². The van der Waals surface area contributed by atoms with E-state index in [0.29, 0.717) is 25.1 Å². The van der Waals surface area contributed by atoms with Gasteiger partial charge in [-0.25, -0.2) is 0 Å². The van der Waals surface area contributed by atoms with Crippen LogP contribution in [0.1, 0.15) is 18.4 Å². The van der Waals surface area contributed by atoms with Crippen LogP contribution in [0.15, 0.2) is 24.3 Å². The van der Waals surface area contributed by atoms with Gasteiger partial charge in [-0.05, 0) is 30.7 Å². The third kappa shape index (κ3) is 4.65. The molecule has 18 heavy (non-hydrogen) atoms. The van der Waals surface area contributed by atoms with E-state index in [2.05, 4.69) is 10.6 Å². The molecule has 6 heteroatoms. The molecule has 0 aliphatic heterocycles. The lowest BCUT2D eigenvalue weighted by atomic mass is 10.2. The summed E-state index contributed by atoms with van der Waals surface area (Å²) < 4.78 is 36.9. The average molecular weight is 260 g/mol. The Hall–Kier alpha value is -1.72. The summed E-state index contributed by atoms with van der Waals surface area (Å²) in [5, 5.41) is 5.45. The lowest BCUT2D eigenvalue weighted by Gasteiger charge is -2.09. The van der Waals surface area contributed by atoms with Crippen molar-refractivity contribution in [3.63, 3.8) is 0 Å². The fraction of sp³-hybridized carbons (Fsp3) is 0.417. The van der Waals surface area contributed by atoms with Crippen LogP contribution in [0.4, 0.5) is 18.9 Å². The quantitative estimate of drug-likeness (QED) is 0.799. The van der Waals surface area contributed by atoms with Crippen molar-refractivity contribution < 1.29 is 18.0 Å². The van der Waals surface area contributed by atoms with Crippen molar-refractivity contribution in [2.24, 2.45) is 0 Å². The summed E-state index contributed by atoms with van der Waals surface area (Å²) in [6.07, 6.45) is -3.29. The van der Waals surface area contributed by atoms with Gasteiger partial charge in [0.15, 0.2) is 0 Å². The monoisotopic (exact) mass is 260 g/mol. The molecule has 1 amide bonds. The van der Waals surface area contributed by atoms with Crippen LogP contribution < -0.4 is 10.6 Å². The second kappa shape index (κ2) is 6.28. The summed E-state index contributed by atoms with van der Waals surface area (Å²) in [4.78, 5) is 10.9. The molecule has 0 radical (unpaired) electrons. The standard InChI is InChI=1S/C12H15F3N2O/c1-16-11(18)3-2-8-17-10-6-4-9(5-7-10)12(13,14)15/h4-7,17H,2-3,8H2,1H3,(H,16,18). The SMILES string of the molecule is CNC(=O)CCCNc1ccc(C(F)(F)F)cc1. The zero-order valence-corrected chi connectivity index (χ0v) is 9.97. The molecule has 0 aliphatic carbocycles. The van der Waals surface area contributed by atoms with E-state index in [0.717, 1.165) is 12.1 Å². The van der Waals surface area contributed by atoms with Gasteiger partial charge in [0.1, 0.15) is 0 Å². The van der Waals surface area contributed by atoms with Gasteiger partial charge in [-0.15, -0.1) is 0 Å². The van der Waals surface area contributed by atoms with Gasteiger partial charge in [-0.2, -0.15) is 13.2 Å². The second-order valence-corrected chi connectivity index (χ2v) is 3.78. The smallest absolute Gasteiger partial charge is 0.385 e. The number of nitrogens with one attached hydrogen (secondary N) is 2. The molecule has 0 saturated carbocycles. The van der Waals surface area contributed by atoms with Crippen LogP contribution in [0.2, 0.25) is 0 Å². The van der Waals surface area contributed by atoms with E-state index in [9.17, 15) is 18.0 Å². The highest BCUT2D eigenvalue weighted by atomic mass is 19.4. The molecule has 3 nitrogen and oxygen atoms in total. The maximum atomic E-state index is 12.3. The molecule has 0 heterocycles. The summed E-state index contributed by atoms with van der Waals surface area (Å²) in [7, 11) is 1.56. The van der Waals surface area contributed by atoms with E-state index < -0.39 is 11.7 Å². The number of benzene rings is 1. The molecule has 0 unspecified atom stereocenters. The van der Waals surface area contributed by atoms with Gasteiger partial charge in [0, 0.05) is 25.7 Å². The molecule has 0 spiro atoms. The summed E-state index contributed by atoms with van der Waals surface area (Å²) in [6, 6.07) is 4.81. The minimum absolute atomic E-state index is 0.0516. The Bertz CT molecular complexity index is 387. The molecule has 1 aromatic carbocycles. The zero-order chi connectivity index (χ0) is 13.6. The van der Waals surface area contributed by atoms with E-state index >= 15 is 0 Å². The van der Waals surface area contributed by atoms with Crippen molar-refractivity contribution >= 4 is 11.6 Å². The normalized spacial score (nSPS) is 11.1. The number of anilines is 1. The number of hydrogen-bond acceptors (Lipinski definition) is 2. The molecule has 100 valence electrons. The first kappa shape index (κ1) is 14.3. The number of carbonyl (C=O) groups excluding carboxylic acids is 1. The molecule has 0 aromatic heterocycles. The Morgan fingerprint density at radius 1 is 1.22 bits per heavy atom. The summed E-state index contributed by atoms with van der Waals surface area (Å²) >= 11 is 0. The molecular formula is C12H15F3N2O. The topological polar surface area (TPSA) is 41.1 Å². The van der Waals surface area contributed by atoms with Crippen molar-refractivity contribution in [3.05, 3.63) is 29.8 Å². The molecule has 1 rings (SSSR count). The Morgan fingerprint density at radius 3 is 2.33 bits per heavy atom. The van der Waals surface area contributed by atoms with Crippen LogP contribution in [-0.2, 0) is 11.0 Å². The number of amides is 1. The first-order valence-corrected chi connectivity index (χ1v) is 5.55. The number of alkyl halides is 3. The maximum absolute atomic E-state index is 12.3. The molecule has 0 saturated heterocycles. The highest BCUT2D eigenvalue weighted by molar-refractivity contribution is 5.75. The number of halogens is 3. The van der Waals surface area contributed by atoms with Gasteiger partial charge in [0.05, 0.1) is 5.56 Å². The van der Waals surface area contributed by atoms with E-state index in [4.69, 9.17) is 0 Å². The third-order valence-corrected chi connectivity index (χ3v) is 2.40. The minimum atomic E-state index is -4.31. The van der Waals surface area contributed by atoms with Crippen LogP contribution in [0.5, 0.6) is 0 Å². The van der Waals surface area contributed by atoms with Gasteiger partial charge in [-0.3, -0.25) is 4.79 Å². The lowest BCUT2D eigenvalue weighted by Crippen LogP contribution is -2.18. The van der Waals surface area contributed by atoms with Crippen LogP contribution in [-0.4, -0.2) is 19.5 Å². The van der Waals surface area contributed by atoms with E-state index in [1.165, 1.54) is 12.1 Å². The molecule has 1 aromatic rings. The van der Waals surface area contributed by atoms with Gasteiger partial charge < -0.3 is 10.6 Å². The first-order valence-electron chi connectivity index (χ1n) is 5.55. The molecule has 0 atom stereocenters. The fourth-order valence-corrected chi connectivity index (χ4v) is 1.38. The van der Waals surface area contributed by atoms with Crippen molar-refractivity contribution in [3.8, 4) is 0 Å². The highest BCUT2D eigenvalue weighted by Gasteiger charge is 2.29. The Balaban J connectivity index is 2.38. The highest BCUT2D eigenvalue weighted by Crippen LogP contribution is 2.29. The predicted molar refractivity (Wildman–Crippen MR) is 63.2 cm³/mol. The second-order valence-electron chi connectivity index (χ2n) is 3.78. The molecule has 0 bridgehead atoms. The third-order valence-electron chi connectivity index (χ3n) is 2.40. The molecular weight excluding hydrogens is 245 g/mol. The predicted octanol–water partition coefficient (Wildman–Crippen LogP) is 2.64. The zero-order valence-electron chi connectivity index (χ0n) is 9.97. The molecule has 0 aliphatic rings. The number of rotatable bonds is 5. The lowest BCUT2D eigenvalue weighted by molar-refractivity contribution is -0.137. The molecule has 0 fully saturated rings. The first-order chi connectivity index (χ1) is 8.43. The summed E-state index contributed by atoms with van der Waals surface area (Å²) in [5.41, 5.74) is -0.0571. The van der Waals surface area contributed by atoms with Gasteiger partial charge in [0.25, 0.3) is 0 Å². The van der Waals surface area contributed by atoms with Crippen molar-refractivity contribution in [2.75, 3.05) is 18.9 Å². The van der Waals surface area contributed by atoms with Crippen LogP contribution in [0.3, 0.4) is 0 Å². The number of carbonyl (C=O) groups is 1. The maximum Gasteiger partial charge on any atom is 0.416 e. The van der Waals surface area contributed by atoms with Gasteiger partial charge in [0.2, 0.25) is 5.91 Å². The minimum Gasteiger partial charge on any atom is -0.385 e. The van der Waals surface area contributed by atoms with Gasteiger partial charge in [-0.1, -0.05) is 0 Å². The summed E-state index contributed by atoms with van der Waals surface area (Å²) in [5.74, 6) is -0.0516. The van der Waals surface area contributed by atoms with Crippen molar-refractivity contribution in [1.29, 1.82) is 0 Å². The Morgan fingerprint density at radius 2 is 1.83 bits per heavy atom. The van der Waals surface area contributed by atoms with Crippen molar-refractivity contribution in [2.45, 2.75) is 19.0 Å². The van der Waals surface area contributed by atoms with E-state index in [-0.39, 0.29) is 5.91 Å². The Kier molecular flexibility index (Phi) is 5.00. The van der Waals surface area contributed by atoms with Crippen molar-refractivity contribution in [1.82, 2.24) is 5.32 Å². The van der Waals surface area contributed by atoms with Crippen LogP contribution in [0, 0.1) is 0 Å². The van der Waals surface area contributed by atoms with Crippen LogP contribution >= 0.6 is 0 Å². The number of hydrogen-bond donors (Lipinski definition) is 2. The fourth-order valence-electron chi connectivity index (χ4n) is 1.38. The van der Waals surface area contributed by atoms with E-state index in [1.807, 2.05) is 0 Å². The molecule has 2 N–H and O–H groups in total. The van der Waals surface area contributed by atoms with E-state index in [1.54, 1.807) is 7.05 Å².